The molecule has 7 heteroatoms. The van der Waals surface area contributed by atoms with Crippen LogP contribution in [0.15, 0.2) is 53.4 Å². The van der Waals surface area contributed by atoms with Gasteiger partial charge in [0.2, 0.25) is 0 Å². The van der Waals surface area contributed by atoms with E-state index in [0.29, 0.717) is 29.6 Å². The van der Waals surface area contributed by atoms with Gasteiger partial charge >= 0.3 is 0 Å². The molecule has 3 N–H and O–H groups in total. The largest absolute Gasteiger partial charge is 0.338 e. The molecule has 2 aliphatic rings. The third-order valence-electron chi connectivity index (χ3n) is 5.91. The second kappa shape index (κ2) is 7.22. The lowest BCUT2D eigenvalue weighted by molar-refractivity contribution is 0.0779. The van der Waals surface area contributed by atoms with Gasteiger partial charge in [0, 0.05) is 30.4 Å². The van der Waals surface area contributed by atoms with Crippen molar-refractivity contribution in [3.05, 3.63) is 59.7 Å². The first-order chi connectivity index (χ1) is 13.3. The number of carbonyl (C=O) groups excluding carboxylic acids is 1. The minimum Gasteiger partial charge on any atom is -0.338 e. The molecule has 0 bridgehead atoms. The monoisotopic (exact) mass is 399 g/mol. The predicted molar refractivity (Wildman–Crippen MR) is 109 cm³/mol. The summed E-state index contributed by atoms with van der Waals surface area (Å²) in [5.41, 5.74) is 8.21. The van der Waals surface area contributed by atoms with Crippen LogP contribution in [-0.4, -0.2) is 38.4 Å². The van der Waals surface area contributed by atoms with Gasteiger partial charge < -0.3 is 10.6 Å². The summed E-state index contributed by atoms with van der Waals surface area (Å²) in [6, 6.07) is 13.4. The number of rotatable bonds is 4. The van der Waals surface area contributed by atoms with Gasteiger partial charge in [-0.05, 0) is 68.0 Å². The number of hydrogen-bond donors (Lipinski definition) is 2. The van der Waals surface area contributed by atoms with E-state index in [2.05, 4.69) is 4.72 Å². The molecule has 2 aromatic rings. The van der Waals surface area contributed by atoms with E-state index in [0.717, 1.165) is 24.9 Å². The summed E-state index contributed by atoms with van der Waals surface area (Å²) in [5.74, 6) is 0.830. The molecule has 1 saturated heterocycles. The Morgan fingerprint density at radius 1 is 1.04 bits per heavy atom. The third kappa shape index (κ3) is 3.64. The van der Waals surface area contributed by atoms with Crippen molar-refractivity contribution in [2.24, 2.45) is 17.6 Å². The number of nitrogens with one attached hydrogen (secondary N) is 1. The standard InChI is InChI=1S/C21H25N3O3S/c1-14-2-7-17(8-3-14)23-28(26,27)18-9-4-15(5-10-18)21(25)24-12-16-6-11-20(22)19(16)13-24/h2-5,7-10,16,19-20,23H,6,11-13,22H2,1H3. The lowest BCUT2D eigenvalue weighted by atomic mass is 9.98. The number of likely N-dealkylation sites (tertiary alicyclic amines) is 1. The highest BCUT2D eigenvalue weighted by Crippen LogP contribution is 2.37. The van der Waals surface area contributed by atoms with Gasteiger partial charge in [0.25, 0.3) is 15.9 Å². The van der Waals surface area contributed by atoms with Crippen molar-refractivity contribution in [3.63, 3.8) is 0 Å². The van der Waals surface area contributed by atoms with Crippen LogP contribution in [0, 0.1) is 18.8 Å². The SMILES string of the molecule is Cc1ccc(NS(=O)(=O)c2ccc(C(=O)N3CC4CCC(N)C4C3)cc2)cc1. The maximum atomic E-state index is 12.8. The van der Waals surface area contributed by atoms with Gasteiger partial charge in [-0.2, -0.15) is 0 Å². The first-order valence-electron chi connectivity index (χ1n) is 9.58. The van der Waals surface area contributed by atoms with Crippen molar-refractivity contribution in [1.82, 2.24) is 4.90 Å². The fraction of sp³-hybridized carbons (Fsp3) is 0.381. The van der Waals surface area contributed by atoms with Crippen LogP contribution in [0.25, 0.3) is 0 Å². The number of fused-ring (bicyclic) bond motifs is 1. The van der Waals surface area contributed by atoms with Crippen molar-refractivity contribution in [2.75, 3.05) is 17.8 Å². The number of aryl methyl sites for hydroxylation is 1. The summed E-state index contributed by atoms with van der Waals surface area (Å²) in [6.45, 7) is 3.38. The molecule has 2 aromatic carbocycles. The fourth-order valence-corrected chi connectivity index (χ4v) is 5.33. The zero-order chi connectivity index (χ0) is 19.9. The number of benzene rings is 2. The third-order valence-corrected chi connectivity index (χ3v) is 7.31. The van der Waals surface area contributed by atoms with Gasteiger partial charge in [-0.15, -0.1) is 0 Å². The highest BCUT2D eigenvalue weighted by atomic mass is 32.2. The summed E-state index contributed by atoms with van der Waals surface area (Å²) in [4.78, 5) is 14.8. The Morgan fingerprint density at radius 2 is 1.71 bits per heavy atom. The molecular formula is C21H25N3O3S. The first-order valence-corrected chi connectivity index (χ1v) is 11.1. The molecule has 3 atom stereocenters. The number of carbonyl (C=O) groups is 1. The average Bonchev–Trinajstić information content (AvgIpc) is 3.25. The van der Waals surface area contributed by atoms with Gasteiger partial charge in [0.15, 0.2) is 0 Å². The summed E-state index contributed by atoms with van der Waals surface area (Å²) >= 11 is 0. The van der Waals surface area contributed by atoms with E-state index in [9.17, 15) is 13.2 Å². The smallest absolute Gasteiger partial charge is 0.261 e. The van der Waals surface area contributed by atoms with E-state index in [1.54, 1.807) is 24.3 Å². The van der Waals surface area contributed by atoms with Crippen LogP contribution in [0.3, 0.4) is 0 Å². The van der Waals surface area contributed by atoms with Gasteiger partial charge in [-0.3, -0.25) is 9.52 Å². The lowest BCUT2D eigenvalue weighted by Crippen LogP contribution is -2.33. The molecule has 1 saturated carbocycles. The van der Waals surface area contributed by atoms with E-state index in [1.165, 1.54) is 12.1 Å². The Hall–Kier alpha value is -2.38. The normalized spacial score (nSPS) is 24.2. The number of nitrogens with zero attached hydrogens (tertiary/aromatic N) is 1. The lowest BCUT2D eigenvalue weighted by Gasteiger charge is -2.19. The zero-order valence-electron chi connectivity index (χ0n) is 15.8. The Kier molecular flexibility index (Phi) is 4.89. The quantitative estimate of drug-likeness (QED) is 0.827. The van der Waals surface area contributed by atoms with Crippen LogP contribution in [0.1, 0.15) is 28.8 Å². The Morgan fingerprint density at radius 3 is 2.36 bits per heavy atom. The van der Waals surface area contributed by atoms with Gasteiger partial charge in [-0.1, -0.05) is 17.7 Å². The molecule has 0 radical (unpaired) electrons. The molecule has 6 nitrogen and oxygen atoms in total. The summed E-state index contributed by atoms with van der Waals surface area (Å²) in [5, 5.41) is 0. The van der Waals surface area contributed by atoms with Crippen molar-refractivity contribution < 1.29 is 13.2 Å². The minimum absolute atomic E-state index is 0.0583. The molecule has 0 spiro atoms. The fourth-order valence-electron chi connectivity index (χ4n) is 4.27. The maximum absolute atomic E-state index is 12.8. The summed E-state index contributed by atoms with van der Waals surface area (Å²) < 4.78 is 27.7. The molecule has 1 heterocycles. The van der Waals surface area contributed by atoms with E-state index in [1.807, 2.05) is 24.0 Å². The number of anilines is 1. The van der Waals surface area contributed by atoms with Crippen molar-refractivity contribution in [1.29, 1.82) is 0 Å². The number of nitrogens with two attached hydrogens (primary N) is 1. The molecule has 1 amide bonds. The Bertz CT molecular complexity index is 971. The van der Waals surface area contributed by atoms with Crippen LogP contribution in [0.2, 0.25) is 0 Å². The second-order valence-electron chi connectivity index (χ2n) is 7.87. The molecule has 4 rings (SSSR count). The second-order valence-corrected chi connectivity index (χ2v) is 9.55. The van der Waals surface area contributed by atoms with E-state index < -0.39 is 10.0 Å². The van der Waals surface area contributed by atoms with Crippen molar-refractivity contribution in [3.8, 4) is 0 Å². The highest BCUT2D eigenvalue weighted by Gasteiger charge is 2.42. The number of sulfonamides is 1. The minimum atomic E-state index is -3.70. The predicted octanol–water partition coefficient (Wildman–Crippen LogP) is 2.61. The summed E-state index contributed by atoms with van der Waals surface area (Å²) in [6.07, 6.45) is 2.12. The van der Waals surface area contributed by atoms with Crippen LogP contribution in [-0.2, 0) is 10.0 Å². The maximum Gasteiger partial charge on any atom is 0.261 e. The Balaban J connectivity index is 1.46. The molecule has 28 heavy (non-hydrogen) atoms. The Labute approximate surface area is 165 Å². The highest BCUT2D eigenvalue weighted by molar-refractivity contribution is 7.92. The van der Waals surface area contributed by atoms with Crippen LogP contribution in [0.5, 0.6) is 0 Å². The van der Waals surface area contributed by atoms with Gasteiger partial charge in [0.1, 0.15) is 0 Å². The van der Waals surface area contributed by atoms with Crippen LogP contribution in [0.4, 0.5) is 5.69 Å². The van der Waals surface area contributed by atoms with Gasteiger partial charge in [0.05, 0.1) is 4.90 Å². The molecule has 148 valence electrons. The topological polar surface area (TPSA) is 92.5 Å². The van der Waals surface area contributed by atoms with E-state index in [4.69, 9.17) is 5.73 Å². The zero-order valence-corrected chi connectivity index (χ0v) is 16.7. The van der Waals surface area contributed by atoms with E-state index >= 15 is 0 Å². The van der Waals surface area contributed by atoms with E-state index in [-0.39, 0.29) is 16.8 Å². The van der Waals surface area contributed by atoms with Crippen LogP contribution >= 0.6 is 0 Å². The first kappa shape index (κ1) is 19.0. The number of hydrogen-bond acceptors (Lipinski definition) is 4. The molecule has 1 aliphatic heterocycles. The van der Waals surface area contributed by atoms with Crippen LogP contribution < -0.4 is 10.5 Å². The number of amides is 1. The summed E-state index contributed by atoms with van der Waals surface area (Å²) in [7, 11) is -3.70. The molecule has 2 fully saturated rings. The van der Waals surface area contributed by atoms with Crippen molar-refractivity contribution >= 4 is 21.6 Å². The molecule has 1 aliphatic carbocycles. The van der Waals surface area contributed by atoms with Gasteiger partial charge in [-0.25, -0.2) is 8.42 Å². The molecule has 0 aromatic heterocycles. The molecule has 3 unspecified atom stereocenters. The van der Waals surface area contributed by atoms with Crippen molar-refractivity contribution in [2.45, 2.75) is 30.7 Å². The molecular weight excluding hydrogens is 374 g/mol. The average molecular weight is 400 g/mol.